The topological polar surface area (TPSA) is 69.4 Å². The number of benzene rings is 1. The van der Waals surface area contributed by atoms with Gasteiger partial charge in [0.2, 0.25) is 0 Å². The van der Waals surface area contributed by atoms with Crippen LogP contribution in [0, 0.1) is 0 Å². The predicted octanol–water partition coefficient (Wildman–Crippen LogP) is 2.20. The lowest BCUT2D eigenvalue weighted by Gasteiger charge is -2.24. The fraction of sp³-hybridized carbons (Fsp3) is 0.286. The van der Waals surface area contributed by atoms with Gasteiger partial charge in [-0.05, 0) is 30.7 Å². The van der Waals surface area contributed by atoms with Crippen molar-refractivity contribution in [1.29, 1.82) is 0 Å². The van der Waals surface area contributed by atoms with Gasteiger partial charge in [-0.2, -0.15) is 0 Å². The predicted molar refractivity (Wildman–Crippen MR) is 74.7 cm³/mol. The maximum absolute atomic E-state index is 12.0. The highest BCUT2D eigenvalue weighted by molar-refractivity contribution is 6.30. The fourth-order valence-corrected chi connectivity index (χ4v) is 1.56. The van der Waals surface area contributed by atoms with E-state index >= 15 is 0 Å². The van der Waals surface area contributed by atoms with Gasteiger partial charge in [-0.25, -0.2) is 0 Å². The zero-order chi connectivity index (χ0) is 14.5. The van der Waals surface area contributed by atoms with Crippen molar-refractivity contribution in [2.75, 3.05) is 6.54 Å². The molecule has 102 valence electrons. The zero-order valence-corrected chi connectivity index (χ0v) is 11.6. The van der Waals surface area contributed by atoms with E-state index in [9.17, 15) is 9.59 Å². The third kappa shape index (κ3) is 4.50. The van der Waals surface area contributed by atoms with Crippen molar-refractivity contribution in [2.45, 2.75) is 19.4 Å². The van der Waals surface area contributed by atoms with Crippen molar-refractivity contribution >= 4 is 29.4 Å². The summed E-state index contributed by atoms with van der Waals surface area (Å²) in [5, 5.41) is 0.621. The van der Waals surface area contributed by atoms with Crippen molar-refractivity contribution in [2.24, 2.45) is 5.73 Å². The number of ketones is 1. The van der Waals surface area contributed by atoms with Crippen LogP contribution in [0.2, 0.25) is 5.02 Å². The molecule has 0 amide bonds. The number of hydrogen-bond donors (Lipinski definition) is 1. The third-order valence-electron chi connectivity index (χ3n) is 2.58. The van der Waals surface area contributed by atoms with Crippen molar-refractivity contribution in [3.05, 3.63) is 40.9 Å². The van der Waals surface area contributed by atoms with E-state index in [0.717, 1.165) is 5.56 Å². The number of rotatable bonds is 5. The molecule has 1 rings (SSSR count). The van der Waals surface area contributed by atoms with Crippen LogP contribution in [-0.4, -0.2) is 23.9 Å². The van der Waals surface area contributed by atoms with Crippen LogP contribution in [-0.2, 0) is 14.3 Å². The maximum Gasteiger partial charge on any atom is 0.303 e. The molecule has 0 bridgehead atoms. The smallest absolute Gasteiger partial charge is 0.303 e. The Morgan fingerprint density at radius 2 is 1.95 bits per heavy atom. The first-order valence-electron chi connectivity index (χ1n) is 5.75. The van der Waals surface area contributed by atoms with Crippen LogP contribution in [0.15, 0.2) is 30.3 Å². The summed E-state index contributed by atoms with van der Waals surface area (Å²) in [5.41, 5.74) is 4.99. The molecule has 0 fully saturated rings. The molecule has 19 heavy (non-hydrogen) atoms. The number of carbonyl (C=O) groups excluding carboxylic acids is 2. The Kier molecular flexibility index (Phi) is 5.27. The molecule has 1 aromatic rings. The normalized spacial score (nSPS) is 14.1. The van der Waals surface area contributed by atoms with E-state index in [-0.39, 0.29) is 12.3 Å². The van der Waals surface area contributed by atoms with Gasteiger partial charge in [0, 0.05) is 18.5 Å². The van der Waals surface area contributed by atoms with Gasteiger partial charge in [0.25, 0.3) is 0 Å². The van der Waals surface area contributed by atoms with Crippen LogP contribution in [0.5, 0.6) is 0 Å². The molecule has 0 saturated heterocycles. The monoisotopic (exact) mass is 281 g/mol. The van der Waals surface area contributed by atoms with E-state index in [4.69, 9.17) is 22.1 Å². The Hall–Kier alpha value is -1.65. The summed E-state index contributed by atoms with van der Waals surface area (Å²) < 4.78 is 4.97. The van der Waals surface area contributed by atoms with E-state index in [2.05, 4.69) is 0 Å². The quantitative estimate of drug-likeness (QED) is 0.663. The molecular weight excluding hydrogens is 266 g/mol. The summed E-state index contributed by atoms with van der Waals surface area (Å²) in [6.45, 7) is 2.66. The highest BCUT2D eigenvalue weighted by Gasteiger charge is 2.33. The minimum Gasteiger partial charge on any atom is -0.450 e. The summed E-state index contributed by atoms with van der Waals surface area (Å²) in [5.74, 6) is -0.902. The second-order valence-electron chi connectivity index (χ2n) is 4.28. The molecule has 0 aliphatic rings. The van der Waals surface area contributed by atoms with Gasteiger partial charge in [0.15, 0.2) is 11.4 Å². The minimum atomic E-state index is -1.32. The zero-order valence-electron chi connectivity index (χ0n) is 10.9. The largest absolute Gasteiger partial charge is 0.450 e. The lowest BCUT2D eigenvalue weighted by Crippen LogP contribution is -2.45. The lowest BCUT2D eigenvalue weighted by molar-refractivity contribution is -0.160. The summed E-state index contributed by atoms with van der Waals surface area (Å²) in [7, 11) is 0. The van der Waals surface area contributed by atoms with Gasteiger partial charge in [0.1, 0.15) is 0 Å². The molecule has 5 heteroatoms. The number of hydrogen-bond acceptors (Lipinski definition) is 4. The molecule has 4 nitrogen and oxygen atoms in total. The van der Waals surface area contributed by atoms with Crippen LogP contribution in [0.3, 0.4) is 0 Å². The molecule has 1 unspecified atom stereocenters. The Morgan fingerprint density at radius 3 is 2.42 bits per heavy atom. The number of esters is 1. The van der Waals surface area contributed by atoms with Gasteiger partial charge < -0.3 is 10.5 Å². The van der Waals surface area contributed by atoms with Gasteiger partial charge in [0.05, 0.1) is 0 Å². The van der Waals surface area contributed by atoms with Crippen molar-refractivity contribution in [3.63, 3.8) is 0 Å². The molecule has 0 saturated carbocycles. The van der Waals surface area contributed by atoms with E-state index in [1.54, 1.807) is 30.3 Å². The SMILES string of the molecule is CC(=O)OC(C)(CN)C(=O)/C=C/c1ccc(Cl)cc1. The molecule has 0 heterocycles. The number of halogens is 1. The average molecular weight is 282 g/mol. The molecule has 0 radical (unpaired) electrons. The van der Waals surface area contributed by atoms with Crippen LogP contribution >= 0.6 is 11.6 Å². The van der Waals surface area contributed by atoms with Gasteiger partial charge in [-0.1, -0.05) is 29.8 Å². The molecular formula is C14H16ClNO3. The highest BCUT2D eigenvalue weighted by Crippen LogP contribution is 2.14. The van der Waals surface area contributed by atoms with Crippen LogP contribution < -0.4 is 5.73 Å². The lowest BCUT2D eigenvalue weighted by atomic mass is 9.99. The Morgan fingerprint density at radius 1 is 1.37 bits per heavy atom. The van der Waals surface area contributed by atoms with E-state index in [1.807, 2.05) is 0 Å². The molecule has 0 spiro atoms. The molecule has 1 aromatic carbocycles. The summed E-state index contributed by atoms with van der Waals surface area (Å²) >= 11 is 5.76. The Labute approximate surface area is 117 Å². The van der Waals surface area contributed by atoms with E-state index < -0.39 is 11.6 Å². The Bertz CT molecular complexity index is 496. The first-order valence-corrected chi connectivity index (χ1v) is 6.13. The molecule has 0 aliphatic heterocycles. The van der Waals surface area contributed by atoms with E-state index in [1.165, 1.54) is 19.9 Å². The van der Waals surface area contributed by atoms with Crippen LogP contribution in [0.4, 0.5) is 0 Å². The third-order valence-corrected chi connectivity index (χ3v) is 2.83. The first-order chi connectivity index (χ1) is 8.87. The van der Waals surface area contributed by atoms with E-state index in [0.29, 0.717) is 5.02 Å². The fourth-order valence-electron chi connectivity index (χ4n) is 1.43. The molecule has 1 atom stereocenters. The number of carbonyl (C=O) groups is 2. The second kappa shape index (κ2) is 6.50. The standard InChI is InChI=1S/C14H16ClNO3/c1-10(17)19-14(2,9-16)13(18)8-5-11-3-6-12(15)7-4-11/h3-8H,9,16H2,1-2H3/b8-5+. The van der Waals surface area contributed by atoms with Crippen molar-refractivity contribution in [3.8, 4) is 0 Å². The first kappa shape index (κ1) is 15.4. The highest BCUT2D eigenvalue weighted by atomic mass is 35.5. The van der Waals surface area contributed by atoms with Crippen LogP contribution in [0.25, 0.3) is 6.08 Å². The van der Waals surface area contributed by atoms with Gasteiger partial charge >= 0.3 is 5.97 Å². The molecule has 0 aliphatic carbocycles. The summed E-state index contributed by atoms with van der Waals surface area (Å²) in [4.78, 5) is 23.0. The number of nitrogens with two attached hydrogens (primary N) is 1. The van der Waals surface area contributed by atoms with Gasteiger partial charge in [-0.15, -0.1) is 0 Å². The van der Waals surface area contributed by atoms with Crippen molar-refractivity contribution < 1.29 is 14.3 Å². The number of ether oxygens (including phenoxy) is 1. The Balaban J connectivity index is 2.82. The maximum atomic E-state index is 12.0. The minimum absolute atomic E-state index is 0.0730. The van der Waals surface area contributed by atoms with Crippen LogP contribution in [0.1, 0.15) is 19.4 Å². The molecule has 2 N–H and O–H groups in total. The second-order valence-corrected chi connectivity index (χ2v) is 4.71. The van der Waals surface area contributed by atoms with Crippen molar-refractivity contribution in [1.82, 2.24) is 0 Å². The average Bonchev–Trinajstić information content (AvgIpc) is 2.36. The summed E-state index contributed by atoms with van der Waals surface area (Å²) in [6.07, 6.45) is 2.97. The van der Waals surface area contributed by atoms with Gasteiger partial charge in [-0.3, -0.25) is 9.59 Å². The summed E-state index contributed by atoms with van der Waals surface area (Å²) in [6, 6.07) is 7.00. The molecule has 0 aromatic heterocycles.